The summed E-state index contributed by atoms with van der Waals surface area (Å²) in [4.78, 5) is 0. The predicted molar refractivity (Wildman–Crippen MR) is 55.5 cm³/mol. The van der Waals surface area contributed by atoms with Gasteiger partial charge in [0, 0.05) is 6.61 Å². The van der Waals surface area contributed by atoms with E-state index in [-0.39, 0.29) is 12.0 Å². The summed E-state index contributed by atoms with van der Waals surface area (Å²) in [5.41, 5.74) is -0.245. The van der Waals surface area contributed by atoms with E-state index >= 15 is 0 Å². The zero-order chi connectivity index (χ0) is 8.69. The molecule has 2 atom stereocenters. The van der Waals surface area contributed by atoms with Crippen LogP contribution in [-0.2, 0) is 0 Å². The molecule has 0 saturated carbocycles. The van der Waals surface area contributed by atoms with Crippen LogP contribution in [0, 0.1) is 0 Å². The van der Waals surface area contributed by atoms with Gasteiger partial charge < -0.3 is 10.2 Å². The van der Waals surface area contributed by atoms with Crippen molar-refractivity contribution in [2.24, 2.45) is 0 Å². The molecule has 0 aromatic rings. The van der Waals surface area contributed by atoms with E-state index in [9.17, 15) is 5.11 Å². The Kier molecular flexibility index (Phi) is 7.69. The lowest BCUT2D eigenvalue weighted by Gasteiger charge is -2.19. The molecule has 2 N–H and O–H groups in total. The van der Waals surface area contributed by atoms with Gasteiger partial charge in [0.15, 0.2) is 0 Å². The fraction of sp³-hybridized carbons (Fsp3) is 1.00. The normalized spacial score (nSPS) is 18.0. The van der Waals surface area contributed by atoms with Crippen molar-refractivity contribution in [2.45, 2.75) is 31.6 Å². The number of thiol groups is 2. The van der Waals surface area contributed by atoms with Crippen molar-refractivity contribution in [1.29, 1.82) is 0 Å². The molecule has 0 aromatic heterocycles. The molecule has 0 aliphatic rings. The van der Waals surface area contributed by atoms with Crippen LogP contribution in [0.15, 0.2) is 0 Å². The smallest absolute Gasteiger partial charge is 0.0897 e. The number of hydrogen-bond donors (Lipinski definition) is 4. The second-order valence-electron chi connectivity index (χ2n) is 2.46. The number of hydrogen-bond acceptors (Lipinski definition) is 3. The monoisotopic (exact) mass is 198 g/mol. The fourth-order valence-corrected chi connectivity index (χ4v) is 2.05. The van der Waals surface area contributed by atoms with Gasteiger partial charge in [-0.2, -0.15) is 9.93 Å². The molecule has 70 valence electrons. The summed E-state index contributed by atoms with van der Waals surface area (Å²) >= 11 is 4.28. The van der Waals surface area contributed by atoms with Crippen LogP contribution in [0.1, 0.15) is 26.2 Å². The first-order chi connectivity index (χ1) is 5.22. The maximum Gasteiger partial charge on any atom is 0.0897 e. The van der Waals surface area contributed by atoms with Crippen molar-refractivity contribution >= 4 is 21.6 Å². The molecular formula is C7H18O2S2. The fourth-order valence-electron chi connectivity index (χ4n) is 0.798. The van der Waals surface area contributed by atoms with Crippen LogP contribution in [0.2, 0.25) is 0 Å². The van der Waals surface area contributed by atoms with E-state index in [0.29, 0.717) is 0 Å². The Labute approximate surface area is 76.2 Å². The first-order valence-corrected chi connectivity index (χ1v) is 6.71. The third-order valence-corrected chi connectivity index (χ3v) is 4.78. The summed E-state index contributed by atoms with van der Waals surface area (Å²) < 4.78 is 0. The average molecular weight is 198 g/mol. The molecule has 0 fully saturated rings. The van der Waals surface area contributed by atoms with Gasteiger partial charge in [-0.25, -0.2) is 0 Å². The van der Waals surface area contributed by atoms with Gasteiger partial charge in [0.05, 0.1) is 5.44 Å². The predicted octanol–water partition coefficient (Wildman–Crippen LogP) is 1.33. The number of unbranched alkanes of at least 4 members (excludes halogenated alkanes) is 1. The highest BCUT2D eigenvalue weighted by Gasteiger charge is 2.07. The van der Waals surface area contributed by atoms with Crippen molar-refractivity contribution in [1.82, 2.24) is 0 Å². The van der Waals surface area contributed by atoms with Crippen LogP contribution in [0.5, 0.6) is 0 Å². The highest BCUT2D eigenvalue weighted by atomic mass is 33.1. The number of aliphatic hydroxyl groups is 2. The minimum atomic E-state index is -0.488. The van der Waals surface area contributed by atoms with Crippen LogP contribution in [-0.4, -0.2) is 28.0 Å². The Balaban J connectivity index is 3.28. The molecule has 11 heavy (non-hydrogen) atoms. The van der Waals surface area contributed by atoms with E-state index in [1.54, 1.807) is 0 Å². The lowest BCUT2D eigenvalue weighted by Crippen LogP contribution is -2.05. The Hall–Kier alpha value is 0.620. The van der Waals surface area contributed by atoms with Crippen molar-refractivity contribution in [2.75, 3.05) is 12.4 Å². The van der Waals surface area contributed by atoms with Crippen LogP contribution >= 0.6 is 21.6 Å². The number of aliphatic hydroxyl groups excluding tert-OH is 2. The zero-order valence-electron chi connectivity index (χ0n) is 6.90. The maximum absolute atomic E-state index is 9.42. The summed E-state index contributed by atoms with van der Waals surface area (Å²) in [6, 6.07) is 0. The molecule has 0 bridgehead atoms. The second-order valence-corrected chi connectivity index (χ2v) is 6.10. The molecule has 0 aliphatic heterocycles. The van der Waals surface area contributed by atoms with E-state index in [0.717, 1.165) is 25.0 Å². The molecule has 0 spiro atoms. The molecule has 0 rings (SSSR count). The average Bonchev–Trinajstić information content (AvgIpc) is 2.03. The Morgan fingerprint density at radius 1 is 1.45 bits per heavy atom. The standard InChI is InChI=1S/C7H18O2S2/c1-2-11(10)7(9)5-3-4-6-8/h7-11H,2-6H2,1H3. The van der Waals surface area contributed by atoms with Gasteiger partial charge in [-0.05, 0) is 25.0 Å². The molecule has 0 radical (unpaired) electrons. The quantitative estimate of drug-likeness (QED) is 0.295. The zero-order valence-corrected chi connectivity index (χ0v) is 8.69. The Bertz CT molecular complexity index is 90.5. The van der Waals surface area contributed by atoms with E-state index < -0.39 is 9.93 Å². The lowest BCUT2D eigenvalue weighted by molar-refractivity contribution is 0.233. The van der Waals surface area contributed by atoms with Crippen molar-refractivity contribution < 1.29 is 10.2 Å². The third kappa shape index (κ3) is 5.84. The van der Waals surface area contributed by atoms with Gasteiger partial charge in [0.1, 0.15) is 0 Å². The largest absolute Gasteiger partial charge is 0.396 e. The molecule has 2 unspecified atom stereocenters. The van der Waals surface area contributed by atoms with Crippen molar-refractivity contribution in [3.8, 4) is 0 Å². The molecule has 0 heterocycles. The van der Waals surface area contributed by atoms with Crippen LogP contribution in [0.4, 0.5) is 0 Å². The maximum atomic E-state index is 9.42. The van der Waals surface area contributed by atoms with Gasteiger partial charge in [0.25, 0.3) is 0 Å². The number of rotatable bonds is 6. The third-order valence-electron chi connectivity index (χ3n) is 1.54. The summed E-state index contributed by atoms with van der Waals surface area (Å²) in [5.74, 6) is 0.957. The van der Waals surface area contributed by atoms with Gasteiger partial charge in [-0.15, -0.1) is 11.7 Å². The Morgan fingerprint density at radius 2 is 2.09 bits per heavy atom. The highest BCUT2D eigenvalue weighted by Crippen LogP contribution is 2.36. The summed E-state index contributed by atoms with van der Waals surface area (Å²) in [5, 5.41) is 17.9. The van der Waals surface area contributed by atoms with E-state index in [1.807, 2.05) is 6.92 Å². The Morgan fingerprint density at radius 3 is 2.55 bits per heavy atom. The van der Waals surface area contributed by atoms with Gasteiger partial charge in [-0.1, -0.05) is 6.92 Å². The first-order valence-electron chi connectivity index (χ1n) is 3.96. The van der Waals surface area contributed by atoms with Gasteiger partial charge in [0.2, 0.25) is 0 Å². The molecule has 2 nitrogen and oxygen atoms in total. The molecule has 0 aliphatic carbocycles. The SMILES string of the molecule is CC[SH](S)C(O)CCCCO. The van der Waals surface area contributed by atoms with Crippen LogP contribution < -0.4 is 0 Å². The van der Waals surface area contributed by atoms with Crippen molar-refractivity contribution in [3.05, 3.63) is 0 Å². The topological polar surface area (TPSA) is 40.5 Å². The van der Waals surface area contributed by atoms with Gasteiger partial charge >= 0.3 is 0 Å². The molecule has 0 amide bonds. The van der Waals surface area contributed by atoms with Gasteiger partial charge in [-0.3, -0.25) is 0 Å². The van der Waals surface area contributed by atoms with Crippen molar-refractivity contribution in [3.63, 3.8) is 0 Å². The highest BCUT2D eigenvalue weighted by molar-refractivity contribution is 8.78. The van der Waals surface area contributed by atoms with Crippen LogP contribution in [0.25, 0.3) is 0 Å². The second kappa shape index (κ2) is 7.28. The van der Waals surface area contributed by atoms with E-state index in [4.69, 9.17) is 5.11 Å². The summed E-state index contributed by atoms with van der Waals surface area (Å²) in [6.45, 7) is 2.26. The molecule has 0 saturated heterocycles. The molecule has 4 heteroatoms. The summed E-state index contributed by atoms with van der Waals surface area (Å²) in [7, 11) is -0.488. The van der Waals surface area contributed by atoms with Crippen LogP contribution in [0.3, 0.4) is 0 Å². The van der Waals surface area contributed by atoms with E-state index in [2.05, 4.69) is 11.7 Å². The molecular weight excluding hydrogens is 180 g/mol. The minimum Gasteiger partial charge on any atom is -0.396 e. The van der Waals surface area contributed by atoms with E-state index in [1.165, 1.54) is 0 Å². The minimum absolute atomic E-state index is 0.226. The molecule has 0 aromatic carbocycles. The first kappa shape index (κ1) is 11.6. The lowest BCUT2D eigenvalue weighted by atomic mass is 10.2. The summed E-state index contributed by atoms with van der Waals surface area (Å²) in [6.07, 6.45) is 2.47.